The Morgan fingerprint density at radius 1 is 1.11 bits per heavy atom. The second-order valence-electron chi connectivity index (χ2n) is 4.00. The molecule has 0 bridgehead atoms. The summed E-state index contributed by atoms with van der Waals surface area (Å²) in [5, 5.41) is 3.10. The fourth-order valence-electron chi connectivity index (χ4n) is 2.00. The van der Waals surface area contributed by atoms with E-state index in [1.807, 2.05) is 29.6 Å². The minimum absolute atomic E-state index is 0.0953. The Kier molecular flexibility index (Phi) is 2.68. The summed E-state index contributed by atoms with van der Waals surface area (Å²) >= 11 is 1.65. The molecule has 0 amide bonds. The van der Waals surface area contributed by atoms with E-state index in [1.165, 1.54) is 10.8 Å². The van der Waals surface area contributed by atoms with Gasteiger partial charge in [-0.05, 0) is 40.6 Å². The molecule has 3 aromatic rings. The van der Waals surface area contributed by atoms with Crippen molar-refractivity contribution in [1.29, 1.82) is 0 Å². The van der Waals surface area contributed by atoms with E-state index in [2.05, 4.69) is 0 Å². The van der Waals surface area contributed by atoms with Gasteiger partial charge >= 0.3 is 0 Å². The molecule has 0 aliphatic heterocycles. The quantitative estimate of drug-likeness (QED) is 0.616. The predicted molar refractivity (Wildman–Crippen MR) is 72.6 cm³/mol. The first kappa shape index (κ1) is 11.1. The second-order valence-corrected chi connectivity index (χ2v) is 4.95. The highest BCUT2D eigenvalue weighted by Crippen LogP contribution is 2.29. The molecule has 0 saturated carbocycles. The highest BCUT2D eigenvalue weighted by Gasteiger charge is 2.09. The standard InChI is InChI=1S/C15H9FOS/c16-15-12(9-17)2-1-3-13(15)10-4-5-14-11(8-10)6-7-18-14/h1-9H. The molecule has 0 saturated heterocycles. The summed E-state index contributed by atoms with van der Waals surface area (Å²) in [4.78, 5) is 10.7. The maximum atomic E-state index is 14.1. The van der Waals surface area contributed by atoms with Crippen LogP contribution in [0, 0.1) is 5.82 Å². The van der Waals surface area contributed by atoms with Crippen LogP contribution >= 0.6 is 11.3 Å². The van der Waals surface area contributed by atoms with E-state index in [1.54, 1.807) is 23.5 Å². The van der Waals surface area contributed by atoms with Crippen LogP contribution in [0.5, 0.6) is 0 Å². The smallest absolute Gasteiger partial charge is 0.153 e. The average Bonchev–Trinajstić information content (AvgIpc) is 2.86. The van der Waals surface area contributed by atoms with Crippen LogP contribution in [0.2, 0.25) is 0 Å². The SMILES string of the molecule is O=Cc1cccc(-c2ccc3sccc3c2)c1F. The third-order valence-corrected chi connectivity index (χ3v) is 3.82. The number of thiophene rings is 1. The van der Waals surface area contributed by atoms with E-state index >= 15 is 0 Å². The summed E-state index contributed by atoms with van der Waals surface area (Å²) in [7, 11) is 0. The van der Waals surface area contributed by atoms with Crippen molar-refractivity contribution in [3.8, 4) is 11.1 Å². The van der Waals surface area contributed by atoms with E-state index in [9.17, 15) is 9.18 Å². The van der Waals surface area contributed by atoms with E-state index in [-0.39, 0.29) is 5.56 Å². The summed E-state index contributed by atoms with van der Waals surface area (Å²) in [6, 6.07) is 12.7. The third-order valence-electron chi connectivity index (χ3n) is 2.92. The fourth-order valence-corrected chi connectivity index (χ4v) is 2.77. The Labute approximate surface area is 108 Å². The monoisotopic (exact) mass is 256 g/mol. The molecule has 2 aromatic carbocycles. The van der Waals surface area contributed by atoms with E-state index in [0.29, 0.717) is 11.8 Å². The van der Waals surface area contributed by atoms with Gasteiger partial charge in [0, 0.05) is 10.3 Å². The highest BCUT2D eigenvalue weighted by molar-refractivity contribution is 7.17. The first-order chi connectivity index (χ1) is 8.79. The van der Waals surface area contributed by atoms with Crippen LogP contribution in [0.3, 0.4) is 0 Å². The largest absolute Gasteiger partial charge is 0.298 e. The van der Waals surface area contributed by atoms with Gasteiger partial charge in [0.05, 0.1) is 5.56 Å². The molecule has 0 radical (unpaired) electrons. The van der Waals surface area contributed by atoms with Crippen LogP contribution in [0.4, 0.5) is 4.39 Å². The molecule has 1 nitrogen and oxygen atoms in total. The Hall–Kier alpha value is -2.00. The molecule has 0 unspecified atom stereocenters. The number of aldehydes is 1. The first-order valence-corrected chi connectivity index (χ1v) is 6.39. The summed E-state index contributed by atoms with van der Waals surface area (Å²) < 4.78 is 15.2. The van der Waals surface area contributed by atoms with E-state index in [0.717, 1.165) is 10.9 Å². The second kappa shape index (κ2) is 4.35. The predicted octanol–water partition coefficient (Wildman–Crippen LogP) is 4.52. The van der Waals surface area contributed by atoms with E-state index < -0.39 is 5.82 Å². The zero-order valence-electron chi connectivity index (χ0n) is 9.39. The Morgan fingerprint density at radius 2 is 2.00 bits per heavy atom. The van der Waals surface area contributed by atoms with Crippen LogP contribution in [-0.2, 0) is 0 Å². The van der Waals surface area contributed by atoms with Gasteiger partial charge in [-0.3, -0.25) is 4.79 Å². The van der Waals surface area contributed by atoms with Crippen molar-refractivity contribution in [1.82, 2.24) is 0 Å². The highest BCUT2D eigenvalue weighted by atomic mass is 32.1. The maximum absolute atomic E-state index is 14.1. The molecule has 3 rings (SSSR count). The Bertz CT molecular complexity index is 730. The van der Waals surface area contributed by atoms with Crippen LogP contribution in [0.25, 0.3) is 21.2 Å². The van der Waals surface area contributed by atoms with E-state index in [4.69, 9.17) is 0 Å². The number of fused-ring (bicyclic) bond motifs is 1. The minimum Gasteiger partial charge on any atom is -0.298 e. The zero-order chi connectivity index (χ0) is 12.5. The molecule has 1 aromatic heterocycles. The summed E-state index contributed by atoms with van der Waals surface area (Å²) in [5.41, 5.74) is 1.35. The Morgan fingerprint density at radius 3 is 2.83 bits per heavy atom. The lowest BCUT2D eigenvalue weighted by Gasteiger charge is -2.05. The van der Waals surface area contributed by atoms with Crippen molar-refractivity contribution in [2.45, 2.75) is 0 Å². The minimum atomic E-state index is -0.456. The lowest BCUT2D eigenvalue weighted by molar-refractivity contribution is 0.112. The van der Waals surface area contributed by atoms with Crippen molar-refractivity contribution >= 4 is 27.7 Å². The normalized spacial score (nSPS) is 10.7. The topological polar surface area (TPSA) is 17.1 Å². The van der Waals surface area contributed by atoms with Crippen molar-refractivity contribution in [3.05, 3.63) is 59.2 Å². The maximum Gasteiger partial charge on any atom is 0.153 e. The number of halogens is 1. The molecule has 0 N–H and O–H groups in total. The van der Waals surface area contributed by atoms with Gasteiger partial charge in [-0.25, -0.2) is 4.39 Å². The van der Waals surface area contributed by atoms with Gasteiger partial charge in [-0.1, -0.05) is 18.2 Å². The van der Waals surface area contributed by atoms with Crippen molar-refractivity contribution in [2.75, 3.05) is 0 Å². The van der Waals surface area contributed by atoms with Crippen LogP contribution in [-0.4, -0.2) is 6.29 Å². The lowest BCUT2D eigenvalue weighted by Crippen LogP contribution is -1.91. The number of hydrogen-bond acceptors (Lipinski definition) is 2. The van der Waals surface area contributed by atoms with Gasteiger partial charge in [0.1, 0.15) is 5.82 Å². The molecule has 0 aliphatic rings. The van der Waals surface area contributed by atoms with Gasteiger partial charge in [0.25, 0.3) is 0 Å². The molecule has 0 fully saturated rings. The lowest BCUT2D eigenvalue weighted by atomic mass is 10.0. The van der Waals surface area contributed by atoms with Crippen LogP contribution < -0.4 is 0 Å². The van der Waals surface area contributed by atoms with Crippen LogP contribution in [0.15, 0.2) is 47.8 Å². The Balaban J connectivity index is 2.22. The van der Waals surface area contributed by atoms with Crippen molar-refractivity contribution in [3.63, 3.8) is 0 Å². The number of hydrogen-bond donors (Lipinski definition) is 0. The molecule has 88 valence electrons. The third kappa shape index (κ3) is 1.73. The number of carbonyl (C=O) groups excluding carboxylic acids is 1. The first-order valence-electron chi connectivity index (χ1n) is 5.51. The summed E-state index contributed by atoms with van der Waals surface area (Å²) in [6.45, 7) is 0. The summed E-state index contributed by atoms with van der Waals surface area (Å²) in [5.74, 6) is -0.456. The van der Waals surface area contributed by atoms with Gasteiger partial charge in [0.2, 0.25) is 0 Å². The molecule has 1 heterocycles. The molecule has 3 heteroatoms. The number of benzene rings is 2. The number of carbonyl (C=O) groups is 1. The van der Waals surface area contributed by atoms with Gasteiger partial charge in [0.15, 0.2) is 6.29 Å². The average molecular weight is 256 g/mol. The molecule has 0 spiro atoms. The number of rotatable bonds is 2. The van der Waals surface area contributed by atoms with Gasteiger partial charge in [-0.2, -0.15) is 0 Å². The molecule has 0 aliphatic carbocycles. The zero-order valence-corrected chi connectivity index (χ0v) is 10.2. The van der Waals surface area contributed by atoms with Gasteiger partial charge < -0.3 is 0 Å². The van der Waals surface area contributed by atoms with Crippen molar-refractivity contribution < 1.29 is 9.18 Å². The fraction of sp³-hybridized carbons (Fsp3) is 0. The van der Waals surface area contributed by atoms with Crippen molar-refractivity contribution in [2.24, 2.45) is 0 Å². The molecule has 18 heavy (non-hydrogen) atoms. The molecule has 0 atom stereocenters. The van der Waals surface area contributed by atoms with Gasteiger partial charge in [-0.15, -0.1) is 11.3 Å². The molecular formula is C15H9FOS. The molecular weight excluding hydrogens is 247 g/mol. The summed E-state index contributed by atoms with van der Waals surface area (Å²) in [6.07, 6.45) is 0.544. The van der Waals surface area contributed by atoms with Crippen LogP contribution in [0.1, 0.15) is 10.4 Å².